The second-order valence-corrected chi connectivity index (χ2v) is 2.95. The van der Waals surface area contributed by atoms with E-state index in [0.29, 0.717) is 0 Å². The normalized spacial score (nSPS) is 11.4. The van der Waals surface area contributed by atoms with Crippen LogP contribution in [0.3, 0.4) is 0 Å². The number of nitrogens with zero attached hydrogens (tertiary/aromatic N) is 1. The Hall–Kier alpha value is -0.200. The van der Waals surface area contributed by atoms with Crippen LogP contribution in [0.1, 0.15) is 0 Å². The molecule has 0 aromatic carbocycles. The average Bonchev–Trinajstić information content (AvgIpc) is 1.86. The van der Waals surface area contributed by atoms with Gasteiger partial charge in [-0.05, 0) is 0 Å². The van der Waals surface area contributed by atoms with Gasteiger partial charge in [-0.3, -0.25) is 10.1 Å². The Morgan fingerprint density at radius 3 is 2.22 bits per heavy atom. The number of aliphatic hydroxyl groups is 1. The number of nitro groups is 1. The summed E-state index contributed by atoms with van der Waals surface area (Å²) in [6.45, 7) is -1.76. The fourth-order valence-electron chi connectivity index (χ4n) is 0.156. The van der Waals surface area contributed by atoms with E-state index >= 15 is 0 Å². The second-order valence-electron chi connectivity index (χ2n) is 1.48. The third-order valence-electron chi connectivity index (χ3n) is 0.791. The zero-order valence-electron chi connectivity index (χ0n) is 4.41. The van der Waals surface area contributed by atoms with Crippen LogP contribution >= 0.6 is 15.9 Å². The van der Waals surface area contributed by atoms with Crippen molar-refractivity contribution in [3.05, 3.63) is 10.1 Å². The van der Waals surface area contributed by atoms with Crippen LogP contribution in [0.5, 0.6) is 0 Å². The van der Waals surface area contributed by atoms with Crippen molar-refractivity contribution in [1.29, 1.82) is 0 Å². The van der Waals surface area contributed by atoms with Gasteiger partial charge in [-0.1, -0.05) is 0 Å². The van der Waals surface area contributed by atoms with Crippen molar-refractivity contribution < 1.29 is 15.1 Å². The number of halogens is 1. The standard InChI is InChI=1S/C3H5BrNO4/c4-3(1-6,2-7)5(8)9/h6H,1-2H2. The van der Waals surface area contributed by atoms with E-state index in [1.807, 2.05) is 0 Å². The van der Waals surface area contributed by atoms with Crippen LogP contribution in [0.4, 0.5) is 0 Å². The SMILES string of the molecule is [O]CC(Br)(CO)[N+](=O)[O-]. The molecular weight excluding hydrogens is 194 g/mol. The van der Waals surface area contributed by atoms with Gasteiger partial charge in [0, 0.05) is 20.9 Å². The first-order chi connectivity index (χ1) is 4.06. The maximum absolute atomic E-state index is 9.98. The van der Waals surface area contributed by atoms with Crippen LogP contribution in [0.2, 0.25) is 0 Å². The Kier molecular flexibility index (Phi) is 3.02. The molecule has 0 aliphatic carbocycles. The van der Waals surface area contributed by atoms with Crippen molar-refractivity contribution in [2.45, 2.75) is 4.45 Å². The highest BCUT2D eigenvalue weighted by molar-refractivity contribution is 9.10. The van der Waals surface area contributed by atoms with E-state index in [2.05, 4.69) is 15.9 Å². The molecule has 1 unspecified atom stereocenters. The number of rotatable bonds is 3. The highest BCUT2D eigenvalue weighted by Crippen LogP contribution is 2.16. The Morgan fingerprint density at radius 2 is 2.22 bits per heavy atom. The van der Waals surface area contributed by atoms with Crippen molar-refractivity contribution in [2.24, 2.45) is 0 Å². The van der Waals surface area contributed by atoms with E-state index in [4.69, 9.17) is 5.11 Å². The van der Waals surface area contributed by atoms with Crippen molar-refractivity contribution in [3.8, 4) is 0 Å². The molecule has 0 heterocycles. The van der Waals surface area contributed by atoms with Crippen LogP contribution in [0.15, 0.2) is 0 Å². The van der Waals surface area contributed by atoms with E-state index in [-0.39, 0.29) is 0 Å². The predicted molar refractivity (Wildman–Crippen MR) is 31.3 cm³/mol. The molecule has 5 nitrogen and oxygen atoms in total. The Bertz CT molecular complexity index is 112. The molecule has 1 radical (unpaired) electrons. The molecule has 1 N–H and O–H groups in total. The zero-order valence-corrected chi connectivity index (χ0v) is 6.00. The molecule has 0 fully saturated rings. The van der Waals surface area contributed by atoms with Crippen LogP contribution in [0, 0.1) is 10.1 Å². The van der Waals surface area contributed by atoms with Crippen LogP contribution in [0.25, 0.3) is 0 Å². The molecule has 1 atom stereocenters. The molecular formula is C3H5BrNO4. The molecule has 53 valence electrons. The second kappa shape index (κ2) is 3.09. The van der Waals surface area contributed by atoms with Gasteiger partial charge in [-0.2, -0.15) is 0 Å². The van der Waals surface area contributed by atoms with Crippen molar-refractivity contribution in [2.75, 3.05) is 13.2 Å². The van der Waals surface area contributed by atoms with Crippen LogP contribution in [-0.4, -0.2) is 27.7 Å². The van der Waals surface area contributed by atoms with Crippen molar-refractivity contribution >= 4 is 15.9 Å². The Labute approximate surface area is 59.6 Å². The summed E-state index contributed by atoms with van der Waals surface area (Å²) < 4.78 is -1.88. The lowest BCUT2D eigenvalue weighted by Crippen LogP contribution is -2.38. The molecule has 0 aromatic rings. The summed E-state index contributed by atoms with van der Waals surface area (Å²) in [7, 11) is 0. The minimum absolute atomic E-state index is 0.788. The third kappa shape index (κ3) is 1.88. The van der Waals surface area contributed by atoms with E-state index in [0.717, 1.165) is 0 Å². The zero-order chi connectivity index (χ0) is 7.49. The maximum Gasteiger partial charge on any atom is 0.322 e. The van der Waals surface area contributed by atoms with Gasteiger partial charge in [0.1, 0.15) is 6.61 Å². The van der Waals surface area contributed by atoms with E-state index < -0.39 is 22.6 Å². The van der Waals surface area contributed by atoms with Crippen LogP contribution < -0.4 is 0 Å². The molecule has 6 heteroatoms. The first-order valence-electron chi connectivity index (χ1n) is 2.09. The van der Waals surface area contributed by atoms with Gasteiger partial charge < -0.3 is 5.11 Å². The van der Waals surface area contributed by atoms with Gasteiger partial charge in [-0.15, -0.1) is 0 Å². The first-order valence-corrected chi connectivity index (χ1v) is 2.88. The summed E-state index contributed by atoms with van der Waals surface area (Å²) in [5.41, 5.74) is 0. The predicted octanol–water partition coefficient (Wildman–Crippen LogP) is -0.223. The number of hydrogen-bond donors (Lipinski definition) is 1. The Morgan fingerprint density at radius 1 is 1.78 bits per heavy atom. The molecule has 0 amide bonds. The van der Waals surface area contributed by atoms with Crippen molar-refractivity contribution in [3.63, 3.8) is 0 Å². The third-order valence-corrected chi connectivity index (χ3v) is 1.56. The molecule has 0 bridgehead atoms. The molecule has 0 aromatic heterocycles. The lowest BCUT2D eigenvalue weighted by molar-refractivity contribution is -0.543. The highest BCUT2D eigenvalue weighted by atomic mass is 79.9. The molecule has 0 spiro atoms. The van der Waals surface area contributed by atoms with E-state index in [9.17, 15) is 15.2 Å². The highest BCUT2D eigenvalue weighted by Gasteiger charge is 2.38. The van der Waals surface area contributed by atoms with Gasteiger partial charge in [0.05, 0.1) is 0 Å². The van der Waals surface area contributed by atoms with Crippen LogP contribution in [-0.2, 0) is 5.11 Å². The molecule has 0 aliphatic rings. The largest absolute Gasteiger partial charge is 0.388 e. The fourth-order valence-corrected chi connectivity index (χ4v) is 0.156. The topological polar surface area (TPSA) is 83.3 Å². The molecule has 0 saturated heterocycles. The van der Waals surface area contributed by atoms with Gasteiger partial charge in [-0.25, -0.2) is 5.11 Å². The summed E-state index contributed by atoms with van der Waals surface area (Å²) in [5, 5.41) is 28.1. The van der Waals surface area contributed by atoms with Crippen molar-refractivity contribution in [1.82, 2.24) is 0 Å². The van der Waals surface area contributed by atoms with Gasteiger partial charge in [0.15, 0.2) is 6.61 Å². The number of aliphatic hydroxyl groups excluding tert-OH is 1. The number of alkyl halides is 1. The Balaban J connectivity index is 4.09. The van der Waals surface area contributed by atoms with Gasteiger partial charge >= 0.3 is 4.45 Å². The molecule has 0 saturated carbocycles. The summed E-state index contributed by atoms with van der Waals surface area (Å²) in [4.78, 5) is 9.03. The monoisotopic (exact) mass is 198 g/mol. The lowest BCUT2D eigenvalue weighted by atomic mass is 10.4. The molecule has 0 rings (SSSR count). The number of hydrogen-bond acceptors (Lipinski definition) is 3. The van der Waals surface area contributed by atoms with E-state index in [1.165, 1.54) is 0 Å². The average molecular weight is 199 g/mol. The van der Waals surface area contributed by atoms with Gasteiger partial charge in [0.25, 0.3) is 0 Å². The summed E-state index contributed by atoms with van der Waals surface area (Å²) in [5.74, 6) is 0. The molecule has 0 aliphatic heterocycles. The van der Waals surface area contributed by atoms with E-state index in [1.54, 1.807) is 0 Å². The summed E-state index contributed by atoms with van der Waals surface area (Å²) >= 11 is 2.49. The minimum atomic E-state index is -1.88. The smallest absolute Gasteiger partial charge is 0.322 e. The minimum Gasteiger partial charge on any atom is -0.388 e. The maximum atomic E-state index is 9.98. The fraction of sp³-hybridized carbons (Fsp3) is 1.00. The summed E-state index contributed by atoms with van der Waals surface area (Å²) in [6.07, 6.45) is 0. The summed E-state index contributed by atoms with van der Waals surface area (Å²) in [6, 6.07) is 0. The van der Waals surface area contributed by atoms with Gasteiger partial charge in [0.2, 0.25) is 0 Å². The molecule has 9 heavy (non-hydrogen) atoms. The lowest BCUT2D eigenvalue weighted by Gasteiger charge is -2.10. The quantitative estimate of drug-likeness (QED) is 0.295. The first kappa shape index (κ1) is 8.80.